The van der Waals surface area contributed by atoms with Crippen molar-refractivity contribution in [3.63, 3.8) is 0 Å². The lowest BCUT2D eigenvalue weighted by Gasteiger charge is -2.36. The second-order valence-corrected chi connectivity index (χ2v) is 5.29. The van der Waals surface area contributed by atoms with Crippen LogP contribution in [0.4, 0.5) is 0 Å². The maximum Gasteiger partial charge on any atom is 0.232 e. The number of methoxy groups -OCH3 is 1. The van der Waals surface area contributed by atoms with Crippen LogP contribution in [0.1, 0.15) is 27.2 Å². The van der Waals surface area contributed by atoms with Crippen molar-refractivity contribution in [1.29, 1.82) is 0 Å². The molecule has 1 amide bonds. The molecule has 1 fully saturated rings. The van der Waals surface area contributed by atoms with E-state index in [4.69, 9.17) is 15.2 Å². The van der Waals surface area contributed by atoms with E-state index in [0.717, 1.165) is 6.42 Å². The summed E-state index contributed by atoms with van der Waals surface area (Å²) >= 11 is 0. The van der Waals surface area contributed by atoms with Gasteiger partial charge < -0.3 is 20.1 Å². The van der Waals surface area contributed by atoms with Gasteiger partial charge in [0.25, 0.3) is 0 Å². The molecule has 0 aliphatic carbocycles. The number of amides is 1. The zero-order valence-electron chi connectivity index (χ0n) is 11.9. The summed E-state index contributed by atoms with van der Waals surface area (Å²) in [5.74, 6) is 0.0823. The number of carbonyl (C=O) groups is 1. The first-order valence-electron chi connectivity index (χ1n) is 6.60. The van der Waals surface area contributed by atoms with Crippen LogP contribution in [-0.2, 0) is 14.3 Å². The molecule has 1 rings (SSSR count). The first kappa shape index (κ1) is 15.4. The first-order chi connectivity index (χ1) is 8.47. The molecular formula is C13H26N2O3. The molecule has 0 aromatic rings. The predicted molar refractivity (Wildman–Crippen MR) is 70.2 cm³/mol. The highest BCUT2D eigenvalue weighted by Crippen LogP contribution is 2.30. The van der Waals surface area contributed by atoms with E-state index in [9.17, 15) is 4.79 Å². The van der Waals surface area contributed by atoms with Crippen LogP contribution in [0.2, 0.25) is 0 Å². The minimum atomic E-state index is -0.600. The maximum atomic E-state index is 12.7. The molecule has 1 aliphatic rings. The van der Waals surface area contributed by atoms with Crippen LogP contribution in [0, 0.1) is 5.41 Å². The molecule has 0 spiro atoms. The molecule has 18 heavy (non-hydrogen) atoms. The van der Waals surface area contributed by atoms with Crippen LogP contribution in [0.25, 0.3) is 0 Å². The molecule has 3 atom stereocenters. The molecule has 2 N–H and O–H groups in total. The fraction of sp³-hybridized carbons (Fsp3) is 0.923. The fourth-order valence-corrected chi connectivity index (χ4v) is 2.17. The quantitative estimate of drug-likeness (QED) is 0.758. The Morgan fingerprint density at radius 2 is 2.33 bits per heavy atom. The van der Waals surface area contributed by atoms with Gasteiger partial charge in [0.2, 0.25) is 5.91 Å². The lowest BCUT2D eigenvalue weighted by molar-refractivity contribution is -0.144. The second-order valence-electron chi connectivity index (χ2n) is 5.29. The zero-order valence-corrected chi connectivity index (χ0v) is 11.9. The summed E-state index contributed by atoms with van der Waals surface area (Å²) in [6.07, 6.45) is 0.918. The van der Waals surface area contributed by atoms with E-state index in [2.05, 4.69) is 13.8 Å². The van der Waals surface area contributed by atoms with E-state index in [1.165, 1.54) is 0 Å². The van der Waals surface area contributed by atoms with Gasteiger partial charge in [-0.3, -0.25) is 4.79 Å². The van der Waals surface area contributed by atoms with Gasteiger partial charge in [0, 0.05) is 25.7 Å². The molecule has 5 nitrogen and oxygen atoms in total. The highest BCUT2D eigenvalue weighted by molar-refractivity contribution is 5.84. The van der Waals surface area contributed by atoms with Gasteiger partial charge in [0.05, 0.1) is 25.2 Å². The maximum absolute atomic E-state index is 12.7. The smallest absolute Gasteiger partial charge is 0.232 e. The van der Waals surface area contributed by atoms with Crippen molar-refractivity contribution in [1.82, 2.24) is 4.90 Å². The van der Waals surface area contributed by atoms with Gasteiger partial charge in [-0.2, -0.15) is 0 Å². The largest absolute Gasteiger partial charge is 0.383 e. The summed E-state index contributed by atoms with van der Waals surface area (Å²) in [6, 6.07) is -0.0311. The lowest BCUT2D eigenvalue weighted by Crippen LogP contribution is -2.54. The van der Waals surface area contributed by atoms with Gasteiger partial charge in [-0.05, 0) is 20.3 Å². The van der Waals surface area contributed by atoms with E-state index in [1.54, 1.807) is 7.11 Å². The second kappa shape index (κ2) is 6.50. The Morgan fingerprint density at radius 1 is 1.67 bits per heavy atom. The van der Waals surface area contributed by atoms with Gasteiger partial charge in [0.15, 0.2) is 0 Å². The number of nitrogens with two attached hydrogens (primary N) is 1. The lowest BCUT2D eigenvalue weighted by atomic mass is 9.83. The molecular weight excluding hydrogens is 232 g/mol. The van der Waals surface area contributed by atoms with Crippen molar-refractivity contribution in [2.24, 2.45) is 11.1 Å². The summed E-state index contributed by atoms with van der Waals surface area (Å²) in [5, 5.41) is 0. The molecule has 106 valence electrons. The minimum Gasteiger partial charge on any atom is -0.383 e. The zero-order chi connectivity index (χ0) is 13.8. The molecule has 0 aromatic heterocycles. The van der Waals surface area contributed by atoms with Crippen molar-refractivity contribution >= 4 is 5.91 Å². The van der Waals surface area contributed by atoms with E-state index in [-0.39, 0.29) is 18.0 Å². The van der Waals surface area contributed by atoms with Crippen molar-refractivity contribution < 1.29 is 14.3 Å². The number of rotatable bonds is 6. The SMILES string of the molecule is CCC(C)N(CCOC)C(=O)C1(C)COCC1N. The van der Waals surface area contributed by atoms with Crippen LogP contribution in [0.3, 0.4) is 0 Å². The van der Waals surface area contributed by atoms with Crippen LogP contribution in [-0.4, -0.2) is 56.4 Å². The molecule has 0 radical (unpaired) electrons. The molecule has 5 heteroatoms. The Hall–Kier alpha value is -0.650. The predicted octanol–water partition coefficient (Wildman–Crippen LogP) is 0.624. The number of hydrogen-bond donors (Lipinski definition) is 1. The third-order valence-electron chi connectivity index (χ3n) is 3.93. The average Bonchev–Trinajstić information content (AvgIpc) is 2.70. The van der Waals surface area contributed by atoms with Gasteiger partial charge in [-0.1, -0.05) is 6.92 Å². The first-order valence-corrected chi connectivity index (χ1v) is 6.60. The molecule has 0 bridgehead atoms. The summed E-state index contributed by atoms with van der Waals surface area (Å²) in [6.45, 7) is 8.04. The van der Waals surface area contributed by atoms with Gasteiger partial charge in [-0.25, -0.2) is 0 Å². The summed E-state index contributed by atoms with van der Waals surface area (Å²) in [7, 11) is 1.64. The Labute approximate surface area is 110 Å². The molecule has 1 heterocycles. The third-order valence-corrected chi connectivity index (χ3v) is 3.93. The minimum absolute atomic E-state index is 0.0823. The third kappa shape index (κ3) is 3.02. The Balaban J connectivity index is 2.80. The standard InChI is InChI=1S/C13H26N2O3/c1-5-10(2)15(6-7-17-4)12(16)13(3)9-18-8-11(13)14/h10-11H,5-9,14H2,1-4H3. The average molecular weight is 258 g/mol. The van der Waals surface area contributed by atoms with Gasteiger partial charge >= 0.3 is 0 Å². The van der Waals surface area contributed by atoms with E-state index in [1.807, 2.05) is 11.8 Å². The number of hydrogen-bond acceptors (Lipinski definition) is 4. The Bertz CT molecular complexity index is 285. The summed E-state index contributed by atoms with van der Waals surface area (Å²) in [4.78, 5) is 14.6. The van der Waals surface area contributed by atoms with Crippen LogP contribution in [0.5, 0.6) is 0 Å². The summed E-state index contributed by atoms with van der Waals surface area (Å²) in [5.41, 5.74) is 5.42. The van der Waals surface area contributed by atoms with Crippen molar-refractivity contribution in [2.75, 3.05) is 33.5 Å². The fourth-order valence-electron chi connectivity index (χ4n) is 2.17. The molecule has 0 saturated carbocycles. The number of nitrogens with zero attached hydrogens (tertiary/aromatic N) is 1. The summed E-state index contributed by atoms with van der Waals surface area (Å²) < 4.78 is 10.4. The highest BCUT2D eigenvalue weighted by Gasteiger charge is 2.46. The Kier molecular flexibility index (Phi) is 5.56. The van der Waals surface area contributed by atoms with E-state index >= 15 is 0 Å². The highest BCUT2D eigenvalue weighted by atomic mass is 16.5. The normalized spacial score (nSPS) is 29.3. The van der Waals surface area contributed by atoms with Gasteiger partial charge in [0.1, 0.15) is 0 Å². The van der Waals surface area contributed by atoms with E-state index < -0.39 is 5.41 Å². The molecule has 1 saturated heterocycles. The van der Waals surface area contributed by atoms with Crippen LogP contribution >= 0.6 is 0 Å². The molecule has 0 aromatic carbocycles. The Morgan fingerprint density at radius 3 is 2.78 bits per heavy atom. The van der Waals surface area contributed by atoms with E-state index in [0.29, 0.717) is 26.4 Å². The van der Waals surface area contributed by atoms with Crippen molar-refractivity contribution in [3.05, 3.63) is 0 Å². The number of carbonyl (C=O) groups excluding carboxylic acids is 1. The monoisotopic (exact) mass is 258 g/mol. The van der Waals surface area contributed by atoms with Crippen molar-refractivity contribution in [3.8, 4) is 0 Å². The molecule has 3 unspecified atom stereocenters. The van der Waals surface area contributed by atoms with Crippen LogP contribution < -0.4 is 5.73 Å². The van der Waals surface area contributed by atoms with Crippen molar-refractivity contribution in [2.45, 2.75) is 39.3 Å². The topological polar surface area (TPSA) is 64.8 Å². The van der Waals surface area contributed by atoms with Gasteiger partial charge in [-0.15, -0.1) is 0 Å². The molecule has 1 aliphatic heterocycles. The van der Waals surface area contributed by atoms with Crippen LogP contribution in [0.15, 0.2) is 0 Å². The number of ether oxygens (including phenoxy) is 2.